The zero-order valence-corrected chi connectivity index (χ0v) is 16.3. The molecule has 0 aliphatic heterocycles. The predicted molar refractivity (Wildman–Crippen MR) is 103 cm³/mol. The molecule has 0 radical (unpaired) electrons. The maximum atomic E-state index is 12.0. The summed E-state index contributed by atoms with van der Waals surface area (Å²) >= 11 is 2.94. The Morgan fingerprint density at radius 1 is 1.26 bits per heavy atom. The number of aromatic nitrogens is 4. The second-order valence-corrected chi connectivity index (χ2v) is 7.31. The van der Waals surface area contributed by atoms with Gasteiger partial charge in [0.2, 0.25) is 11.1 Å². The molecule has 1 N–H and O–H groups in total. The Morgan fingerprint density at radius 3 is 2.89 bits per heavy atom. The number of ether oxygens (including phenoxy) is 2. The van der Waals surface area contributed by atoms with E-state index in [2.05, 4.69) is 20.8 Å². The Balaban J connectivity index is 1.38. The fourth-order valence-corrected chi connectivity index (χ4v) is 3.61. The molecule has 1 amide bonds. The summed E-state index contributed by atoms with van der Waals surface area (Å²) in [6.07, 6.45) is 0. The predicted octanol–water partition coefficient (Wildman–Crippen LogP) is 2.08. The van der Waals surface area contributed by atoms with Crippen LogP contribution in [0, 0.1) is 0 Å². The number of carbonyl (C=O) groups is 1. The van der Waals surface area contributed by atoms with E-state index in [1.54, 1.807) is 23.1 Å². The van der Waals surface area contributed by atoms with Crippen LogP contribution in [0.5, 0.6) is 11.5 Å². The van der Waals surface area contributed by atoms with Crippen LogP contribution in [0.1, 0.15) is 4.88 Å². The van der Waals surface area contributed by atoms with Crippen LogP contribution in [0.4, 0.5) is 0 Å². The summed E-state index contributed by atoms with van der Waals surface area (Å²) in [7, 11) is 1.59. The Labute approximate surface area is 164 Å². The number of hydrogen-bond acceptors (Lipinski definition) is 8. The summed E-state index contributed by atoms with van der Waals surface area (Å²) in [6.45, 7) is 1.35. The maximum absolute atomic E-state index is 12.0. The van der Waals surface area contributed by atoms with E-state index in [4.69, 9.17) is 9.47 Å². The standard InChI is InChI=1S/C17H19N5O3S2/c1-24-14-6-2-3-7-15(14)25-9-8-18-16(23)12-27-17-19-20-21-22(17)11-13-5-4-10-26-13/h2-7,10H,8-9,11-12H2,1H3,(H,18,23). The van der Waals surface area contributed by atoms with Gasteiger partial charge < -0.3 is 14.8 Å². The van der Waals surface area contributed by atoms with Crippen LogP contribution in [0.25, 0.3) is 0 Å². The van der Waals surface area contributed by atoms with E-state index in [1.807, 2.05) is 41.8 Å². The first-order chi connectivity index (χ1) is 13.3. The first kappa shape index (κ1) is 19.2. The molecule has 0 saturated heterocycles. The molecule has 142 valence electrons. The largest absolute Gasteiger partial charge is 0.493 e. The SMILES string of the molecule is COc1ccccc1OCCNC(=O)CSc1nnnn1Cc1cccs1. The zero-order valence-electron chi connectivity index (χ0n) is 14.7. The minimum Gasteiger partial charge on any atom is -0.493 e. The van der Waals surface area contributed by atoms with Crippen molar-refractivity contribution in [2.45, 2.75) is 11.7 Å². The Morgan fingerprint density at radius 2 is 2.11 bits per heavy atom. The van der Waals surface area contributed by atoms with E-state index >= 15 is 0 Å². The zero-order chi connectivity index (χ0) is 18.9. The smallest absolute Gasteiger partial charge is 0.230 e. The van der Waals surface area contributed by atoms with Gasteiger partial charge >= 0.3 is 0 Å². The molecule has 2 aromatic heterocycles. The van der Waals surface area contributed by atoms with Crippen molar-refractivity contribution in [2.75, 3.05) is 26.0 Å². The third kappa shape index (κ3) is 5.69. The summed E-state index contributed by atoms with van der Waals surface area (Å²) in [6, 6.07) is 11.4. The van der Waals surface area contributed by atoms with E-state index in [9.17, 15) is 4.79 Å². The topological polar surface area (TPSA) is 91.2 Å². The minimum atomic E-state index is -0.102. The molecule has 0 aliphatic rings. The highest BCUT2D eigenvalue weighted by Gasteiger charge is 2.11. The van der Waals surface area contributed by atoms with Crippen molar-refractivity contribution in [1.29, 1.82) is 0 Å². The number of tetrazole rings is 1. The monoisotopic (exact) mass is 405 g/mol. The number of thioether (sulfide) groups is 1. The number of hydrogen-bond donors (Lipinski definition) is 1. The van der Waals surface area contributed by atoms with Gasteiger partial charge in [0.1, 0.15) is 6.61 Å². The van der Waals surface area contributed by atoms with Crippen LogP contribution in [-0.4, -0.2) is 52.1 Å². The molecule has 8 nitrogen and oxygen atoms in total. The summed E-state index contributed by atoms with van der Waals surface area (Å²) < 4.78 is 12.5. The number of amides is 1. The Kier molecular flexibility index (Phi) is 7.05. The molecule has 2 heterocycles. The Hall–Kier alpha value is -2.59. The van der Waals surface area contributed by atoms with Crippen molar-refractivity contribution >= 4 is 29.0 Å². The van der Waals surface area contributed by atoms with Crippen LogP contribution in [0.15, 0.2) is 46.9 Å². The molecule has 10 heteroatoms. The average Bonchev–Trinajstić information content (AvgIpc) is 3.36. The van der Waals surface area contributed by atoms with E-state index in [0.717, 1.165) is 4.88 Å². The van der Waals surface area contributed by atoms with Gasteiger partial charge in [0.05, 0.1) is 26.0 Å². The van der Waals surface area contributed by atoms with E-state index in [-0.39, 0.29) is 11.7 Å². The van der Waals surface area contributed by atoms with Gasteiger partial charge in [0.15, 0.2) is 11.5 Å². The lowest BCUT2D eigenvalue weighted by Crippen LogP contribution is -2.29. The first-order valence-electron chi connectivity index (χ1n) is 8.20. The third-order valence-electron chi connectivity index (χ3n) is 3.47. The minimum absolute atomic E-state index is 0.102. The fourth-order valence-electron chi connectivity index (χ4n) is 2.22. The lowest BCUT2D eigenvalue weighted by atomic mass is 10.3. The molecule has 0 atom stereocenters. The van der Waals surface area contributed by atoms with Crippen LogP contribution in [0.2, 0.25) is 0 Å². The summed E-state index contributed by atoms with van der Waals surface area (Å²) in [5, 5.41) is 17.1. The molecule has 0 spiro atoms. The van der Waals surface area contributed by atoms with E-state index in [1.165, 1.54) is 11.8 Å². The van der Waals surface area contributed by atoms with Crippen molar-refractivity contribution in [1.82, 2.24) is 25.5 Å². The molecule has 0 fully saturated rings. The van der Waals surface area contributed by atoms with Crippen LogP contribution >= 0.6 is 23.1 Å². The molecule has 0 unspecified atom stereocenters. The van der Waals surface area contributed by atoms with Gasteiger partial charge in [0, 0.05) is 4.88 Å². The van der Waals surface area contributed by atoms with Gasteiger partial charge in [-0.1, -0.05) is 30.0 Å². The normalized spacial score (nSPS) is 10.6. The van der Waals surface area contributed by atoms with E-state index < -0.39 is 0 Å². The molecule has 0 bridgehead atoms. The highest BCUT2D eigenvalue weighted by Crippen LogP contribution is 2.25. The second-order valence-electron chi connectivity index (χ2n) is 5.34. The number of nitrogens with one attached hydrogen (secondary N) is 1. The second kappa shape index (κ2) is 9.93. The summed E-state index contributed by atoms with van der Waals surface area (Å²) in [5.74, 6) is 1.45. The van der Waals surface area contributed by atoms with Crippen LogP contribution in [-0.2, 0) is 11.3 Å². The molecular weight excluding hydrogens is 386 g/mol. The lowest BCUT2D eigenvalue weighted by molar-refractivity contribution is -0.118. The highest BCUT2D eigenvalue weighted by molar-refractivity contribution is 7.99. The number of para-hydroxylation sites is 2. The summed E-state index contributed by atoms with van der Waals surface area (Å²) in [5.41, 5.74) is 0. The number of benzene rings is 1. The van der Waals surface area contributed by atoms with Crippen molar-refractivity contribution in [3.8, 4) is 11.5 Å². The molecule has 27 heavy (non-hydrogen) atoms. The molecule has 3 rings (SSSR count). The molecule has 0 saturated carbocycles. The van der Waals surface area contributed by atoms with Crippen molar-refractivity contribution < 1.29 is 14.3 Å². The third-order valence-corrected chi connectivity index (χ3v) is 5.29. The van der Waals surface area contributed by atoms with Gasteiger partial charge in [0.25, 0.3) is 0 Å². The fraction of sp³-hybridized carbons (Fsp3) is 0.294. The first-order valence-corrected chi connectivity index (χ1v) is 10.1. The number of carbonyl (C=O) groups excluding carboxylic acids is 1. The van der Waals surface area contributed by atoms with Gasteiger partial charge in [-0.3, -0.25) is 4.79 Å². The van der Waals surface area contributed by atoms with Crippen LogP contribution in [0.3, 0.4) is 0 Å². The number of rotatable bonds is 10. The van der Waals surface area contributed by atoms with Gasteiger partial charge in [-0.25, -0.2) is 4.68 Å². The van der Waals surface area contributed by atoms with Gasteiger partial charge in [-0.05, 0) is 34.0 Å². The van der Waals surface area contributed by atoms with Crippen molar-refractivity contribution in [2.24, 2.45) is 0 Å². The van der Waals surface area contributed by atoms with Crippen molar-refractivity contribution in [3.63, 3.8) is 0 Å². The maximum Gasteiger partial charge on any atom is 0.230 e. The van der Waals surface area contributed by atoms with Gasteiger partial charge in [-0.15, -0.1) is 16.4 Å². The molecule has 3 aromatic rings. The lowest BCUT2D eigenvalue weighted by Gasteiger charge is -2.10. The number of nitrogens with zero attached hydrogens (tertiary/aromatic N) is 4. The van der Waals surface area contributed by atoms with E-state index in [0.29, 0.717) is 36.4 Å². The molecule has 1 aromatic carbocycles. The molecular formula is C17H19N5O3S2. The van der Waals surface area contributed by atoms with Crippen LogP contribution < -0.4 is 14.8 Å². The van der Waals surface area contributed by atoms with Gasteiger partial charge in [-0.2, -0.15) is 0 Å². The van der Waals surface area contributed by atoms with Crippen molar-refractivity contribution in [3.05, 3.63) is 46.7 Å². The highest BCUT2D eigenvalue weighted by atomic mass is 32.2. The summed E-state index contributed by atoms with van der Waals surface area (Å²) in [4.78, 5) is 13.2. The Bertz CT molecular complexity index is 854. The quantitative estimate of drug-likeness (QED) is 0.408. The molecule has 0 aliphatic carbocycles. The number of thiophene rings is 1. The average molecular weight is 406 g/mol. The number of methoxy groups -OCH3 is 1.